The minimum Gasteiger partial charge on any atom is -0.496 e. The second-order valence-electron chi connectivity index (χ2n) is 4.84. The number of aryl methyl sites for hydroxylation is 1. The van der Waals surface area contributed by atoms with Gasteiger partial charge < -0.3 is 10.1 Å². The Bertz CT molecular complexity index is 585. The molecule has 0 aliphatic rings. The van der Waals surface area contributed by atoms with E-state index in [1.54, 1.807) is 18.9 Å². The van der Waals surface area contributed by atoms with Crippen molar-refractivity contribution in [3.8, 4) is 5.75 Å². The maximum atomic E-state index is 5.45. The van der Waals surface area contributed by atoms with E-state index in [0.29, 0.717) is 6.04 Å². The second-order valence-corrected chi connectivity index (χ2v) is 5.79. The van der Waals surface area contributed by atoms with Crippen LogP contribution in [0.4, 0.5) is 0 Å². The van der Waals surface area contributed by atoms with Gasteiger partial charge in [-0.3, -0.25) is 5.10 Å². The summed E-state index contributed by atoms with van der Waals surface area (Å²) in [5.74, 6) is 2.52. The molecule has 0 aliphatic carbocycles. The van der Waals surface area contributed by atoms with E-state index in [4.69, 9.17) is 4.74 Å². The summed E-state index contributed by atoms with van der Waals surface area (Å²) in [6.07, 6.45) is 0. The van der Waals surface area contributed by atoms with Crippen molar-refractivity contribution in [1.29, 1.82) is 0 Å². The van der Waals surface area contributed by atoms with Gasteiger partial charge >= 0.3 is 0 Å². The quantitative estimate of drug-likeness (QED) is 0.770. The third-order valence-electron chi connectivity index (χ3n) is 3.25. The van der Waals surface area contributed by atoms with Crippen LogP contribution in [0.2, 0.25) is 0 Å². The number of H-pyrrole nitrogens is 1. The Balaban J connectivity index is 2.13. The van der Waals surface area contributed by atoms with Crippen LogP contribution in [0.15, 0.2) is 23.4 Å². The molecule has 0 fully saturated rings. The van der Waals surface area contributed by atoms with Gasteiger partial charge in [0, 0.05) is 17.4 Å². The SMILES string of the molecule is CCNC(C)c1ccc(OC)c(CSc2n[nH]c(C)n2)c1. The zero-order valence-electron chi connectivity index (χ0n) is 12.9. The fourth-order valence-corrected chi connectivity index (χ4v) is 2.96. The van der Waals surface area contributed by atoms with E-state index in [9.17, 15) is 0 Å². The molecule has 0 radical (unpaired) electrons. The van der Waals surface area contributed by atoms with Gasteiger partial charge in [0.2, 0.25) is 5.16 Å². The summed E-state index contributed by atoms with van der Waals surface area (Å²) < 4.78 is 5.45. The highest BCUT2D eigenvalue weighted by Gasteiger charge is 2.10. The molecule has 1 heterocycles. The lowest BCUT2D eigenvalue weighted by atomic mass is 10.0. The molecule has 21 heavy (non-hydrogen) atoms. The van der Waals surface area contributed by atoms with Crippen molar-refractivity contribution in [2.24, 2.45) is 0 Å². The predicted octanol–water partition coefficient (Wildman–Crippen LogP) is 3.08. The molecule has 1 aromatic heterocycles. The molecule has 0 saturated heterocycles. The first-order valence-electron chi connectivity index (χ1n) is 7.06. The second kappa shape index (κ2) is 7.47. The number of aromatic amines is 1. The third kappa shape index (κ3) is 4.22. The first-order valence-corrected chi connectivity index (χ1v) is 8.04. The van der Waals surface area contributed by atoms with E-state index in [0.717, 1.165) is 34.6 Å². The summed E-state index contributed by atoms with van der Waals surface area (Å²) in [6.45, 7) is 7.13. The van der Waals surface area contributed by atoms with Crippen molar-refractivity contribution in [3.63, 3.8) is 0 Å². The number of ether oxygens (including phenoxy) is 1. The fourth-order valence-electron chi connectivity index (χ4n) is 2.13. The Morgan fingerprint density at radius 1 is 1.43 bits per heavy atom. The van der Waals surface area contributed by atoms with Crippen LogP contribution >= 0.6 is 11.8 Å². The van der Waals surface area contributed by atoms with Crippen LogP contribution < -0.4 is 10.1 Å². The number of methoxy groups -OCH3 is 1. The number of aromatic nitrogens is 3. The molecule has 0 amide bonds. The topological polar surface area (TPSA) is 62.8 Å². The van der Waals surface area contributed by atoms with Gasteiger partial charge in [-0.15, -0.1) is 5.10 Å². The Kier molecular flexibility index (Phi) is 5.64. The van der Waals surface area contributed by atoms with Gasteiger partial charge in [-0.1, -0.05) is 24.8 Å². The number of nitrogens with one attached hydrogen (secondary N) is 2. The summed E-state index contributed by atoms with van der Waals surface area (Å²) in [6, 6.07) is 6.66. The lowest BCUT2D eigenvalue weighted by molar-refractivity contribution is 0.411. The maximum Gasteiger partial charge on any atom is 0.208 e. The molecule has 2 rings (SSSR count). The van der Waals surface area contributed by atoms with Crippen molar-refractivity contribution >= 4 is 11.8 Å². The molecule has 6 heteroatoms. The van der Waals surface area contributed by atoms with E-state index >= 15 is 0 Å². The van der Waals surface area contributed by atoms with Crippen LogP contribution in [0, 0.1) is 6.92 Å². The molecule has 1 atom stereocenters. The summed E-state index contributed by atoms with van der Waals surface area (Å²) >= 11 is 1.60. The Labute approximate surface area is 129 Å². The summed E-state index contributed by atoms with van der Waals surface area (Å²) in [4.78, 5) is 4.31. The predicted molar refractivity (Wildman–Crippen MR) is 85.8 cm³/mol. The Hall–Kier alpha value is -1.53. The van der Waals surface area contributed by atoms with Crippen molar-refractivity contribution in [2.75, 3.05) is 13.7 Å². The smallest absolute Gasteiger partial charge is 0.208 e. The van der Waals surface area contributed by atoms with Crippen molar-refractivity contribution in [3.05, 3.63) is 35.2 Å². The van der Waals surface area contributed by atoms with Crippen LogP contribution in [-0.2, 0) is 5.75 Å². The minimum atomic E-state index is 0.329. The van der Waals surface area contributed by atoms with Crippen LogP contribution in [0.25, 0.3) is 0 Å². The lowest BCUT2D eigenvalue weighted by Gasteiger charge is -2.15. The fraction of sp³-hybridized carbons (Fsp3) is 0.467. The van der Waals surface area contributed by atoms with E-state index in [1.165, 1.54) is 5.56 Å². The molecule has 0 spiro atoms. The van der Waals surface area contributed by atoms with E-state index in [1.807, 2.05) is 13.0 Å². The molecule has 1 aromatic carbocycles. The van der Waals surface area contributed by atoms with Crippen LogP contribution in [0.1, 0.15) is 36.8 Å². The average molecular weight is 306 g/mol. The van der Waals surface area contributed by atoms with Gasteiger partial charge in [-0.05, 0) is 38.1 Å². The number of nitrogens with zero attached hydrogens (tertiary/aromatic N) is 2. The first-order chi connectivity index (χ1) is 10.1. The third-order valence-corrected chi connectivity index (χ3v) is 4.14. The molecule has 0 saturated carbocycles. The summed E-state index contributed by atoms with van der Waals surface area (Å²) in [5, 5.41) is 11.2. The molecule has 5 nitrogen and oxygen atoms in total. The maximum absolute atomic E-state index is 5.45. The number of benzene rings is 1. The van der Waals surface area contributed by atoms with Crippen LogP contribution in [0.5, 0.6) is 5.75 Å². The highest BCUT2D eigenvalue weighted by Crippen LogP contribution is 2.28. The highest BCUT2D eigenvalue weighted by molar-refractivity contribution is 7.98. The summed E-state index contributed by atoms with van der Waals surface area (Å²) in [7, 11) is 1.70. The molecule has 2 N–H and O–H groups in total. The highest BCUT2D eigenvalue weighted by atomic mass is 32.2. The lowest BCUT2D eigenvalue weighted by Crippen LogP contribution is -2.17. The Morgan fingerprint density at radius 3 is 2.86 bits per heavy atom. The molecule has 114 valence electrons. The number of hydrogen-bond donors (Lipinski definition) is 2. The largest absolute Gasteiger partial charge is 0.496 e. The van der Waals surface area contributed by atoms with Crippen molar-refractivity contribution in [2.45, 2.75) is 37.7 Å². The zero-order valence-corrected chi connectivity index (χ0v) is 13.8. The molecular weight excluding hydrogens is 284 g/mol. The van der Waals surface area contributed by atoms with E-state index < -0.39 is 0 Å². The zero-order chi connectivity index (χ0) is 15.2. The van der Waals surface area contributed by atoms with Gasteiger partial charge in [0.05, 0.1) is 7.11 Å². The molecule has 2 aromatic rings. The van der Waals surface area contributed by atoms with Gasteiger partial charge in [0.15, 0.2) is 0 Å². The first kappa shape index (κ1) is 15.9. The standard InChI is InChI=1S/C15H22N4OS/c1-5-16-10(2)12-6-7-14(20-4)13(8-12)9-21-15-17-11(3)18-19-15/h6-8,10,16H,5,9H2,1-4H3,(H,17,18,19). The van der Waals surface area contributed by atoms with Gasteiger partial charge in [-0.25, -0.2) is 4.98 Å². The number of hydrogen-bond acceptors (Lipinski definition) is 5. The molecular formula is C15H22N4OS. The normalized spacial score (nSPS) is 12.4. The molecule has 1 unspecified atom stereocenters. The number of thioether (sulfide) groups is 1. The minimum absolute atomic E-state index is 0.329. The molecule has 0 bridgehead atoms. The Morgan fingerprint density at radius 2 is 2.24 bits per heavy atom. The van der Waals surface area contributed by atoms with Gasteiger partial charge in [0.25, 0.3) is 0 Å². The van der Waals surface area contributed by atoms with Crippen LogP contribution in [0.3, 0.4) is 0 Å². The van der Waals surface area contributed by atoms with E-state index in [2.05, 4.69) is 46.5 Å². The van der Waals surface area contributed by atoms with Crippen molar-refractivity contribution < 1.29 is 4.74 Å². The van der Waals surface area contributed by atoms with E-state index in [-0.39, 0.29) is 0 Å². The van der Waals surface area contributed by atoms with Crippen molar-refractivity contribution in [1.82, 2.24) is 20.5 Å². The van der Waals surface area contributed by atoms with Gasteiger partial charge in [-0.2, -0.15) is 0 Å². The monoisotopic (exact) mass is 306 g/mol. The number of rotatable bonds is 7. The average Bonchev–Trinajstić information content (AvgIpc) is 2.90. The molecule has 0 aliphatic heterocycles. The van der Waals surface area contributed by atoms with Gasteiger partial charge in [0.1, 0.15) is 11.6 Å². The summed E-state index contributed by atoms with van der Waals surface area (Å²) in [5.41, 5.74) is 2.42. The van der Waals surface area contributed by atoms with Crippen LogP contribution in [-0.4, -0.2) is 28.8 Å².